The van der Waals surface area contributed by atoms with Crippen LogP contribution in [0.4, 0.5) is 0 Å². The molecule has 1 fully saturated rings. The van der Waals surface area contributed by atoms with Crippen LogP contribution in [0, 0.1) is 0 Å². The zero-order valence-corrected chi connectivity index (χ0v) is 16.2. The fourth-order valence-corrected chi connectivity index (χ4v) is 4.38. The Morgan fingerprint density at radius 2 is 2.04 bits per heavy atom. The number of benzene rings is 1. The van der Waals surface area contributed by atoms with Crippen LogP contribution < -0.4 is 10.3 Å². The third-order valence-electron chi connectivity index (χ3n) is 5.82. The first-order valence-electron chi connectivity index (χ1n) is 10.3. The van der Waals surface area contributed by atoms with Crippen molar-refractivity contribution in [1.82, 2.24) is 14.9 Å². The molecule has 5 nitrogen and oxygen atoms in total. The molecule has 2 heterocycles. The van der Waals surface area contributed by atoms with Gasteiger partial charge in [0, 0.05) is 37.5 Å². The first kappa shape index (κ1) is 18.2. The van der Waals surface area contributed by atoms with Crippen LogP contribution >= 0.6 is 0 Å². The van der Waals surface area contributed by atoms with Crippen molar-refractivity contribution in [3.63, 3.8) is 0 Å². The van der Waals surface area contributed by atoms with Gasteiger partial charge >= 0.3 is 0 Å². The number of ether oxygens (including phenoxy) is 1. The number of aromatic amines is 1. The van der Waals surface area contributed by atoms with E-state index in [0.717, 1.165) is 55.2 Å². The molecule has 5 heteroatoms. The minimum Gasteiger partial charge on any atom is -0.494 e. The molecular weight excluding hydrogens is 338 g/mol. The molecule has 2 aromatic rings. The molecule has 1 aromatic carbocycles. The van der Waals surface area contributed by atoms with Crippen molar-refractivity contribution in [2.24, 2.45) is 0 Å². The van der Waals surface area contributed by atoms with Crippen LogP contribution in [0.1, 0.15) is 67.6 Å². The minimum absolute atomic E-state index is 0.0587. The summed E-state index contributed by atoms with van der Waals surface area (Å²) in [7, 11) is 0. The number of nitrogens with zero attached hydrogens (tertiary/aromatic N) is 2. The van der Waals surface area contributed by atoms with Crippen LogP contribution in [-0.2, 0) is 19.5 Å². The standard InChI is InChI=1S/C22H29N3O2/c1-2-27-20-11-7-6-10-17(20)14-25-13-12-19-18(15-25)22(26)24-21(23-19)16-8-4-3-5-9-16/h6-7,10-11,16H,2-5,8-9,12-15H2,1H3,(H,23,24,26). The Kier molecular flexibility index (Phi) is 5.58. The predicted octanol–water partition coefficient (Wildman–Crippen LogP) is 3.77. The molecule has 0 spiro atoms. The SMILES string of the molecule is CCOc1ccccc1CN1CCc2nc(C3CCCCC3)[nH]c(=O)c2C1. The highest BCUT2D eigenvalue weighted by Gasteiger charge is 2.25. The maximum atomic E-state index is 12.7. The molecule has 4 rings (SSSR count). The van der Waals surface area contributed by atoms with E-state index in [1.807, 2.05) is 25.1 Å². The summed E-state index contributed by atoms with van der Waals surface area (Å²) < 4.78 is 5.75. The molecule has 27 heavy (non-hydrogen) atoms. The van der Waals surface area contributed by atoms with Crippen molar-refractivity contribution < 1.29 is 4.74 Å². The monoisotopic (exact) mass is 367 g/mol. The van der Waals surface area contributed by atoms with Gasteiger partial charge in [-0.25, -0.2) is 4.98 Å². The summed E-state index contributed by atoms with van der Waals surface area (Å²) in [5.74, 6) is 2.30. The number of aromatic nitrogens is 2. The molecule has 1 aromatic heterocycles. The zero-order chi connectivity index (χ0) is 18.6. The van der Waals surface area contributed by atoms with Gasteiger partial charge in [-0.2, -0.15) is 0 Å². The average molecular weight is 367 g/mol. The van der Waals surface area contributed by atoms with Crippen molar-refractivity contribution in [1.29, 1.82) is 0 Å². The second kappa shape index (κ2) is 8.26. The first-order chi connectivity index (χ1) is 13.2. The summed E-state index contributed by atoms with van der Waals surface area (Å²) in [6, 6.07) is 8.17. The van der Waals surface area contributed by atoms with Gasteiger partial charge in [-0.3, -0.25) is 9.69 Å². The Balaban J connectivity index is 1.51. The number of hydrogen-bond acceptors (Lipinski definition) is 4. The summed E-state index contributed by atoms with van der Waals surface area (Å²) >= 11 is 0. The smallest absolute Gasteiger partial charge is 0.255 e. The van der Waals surface area contributed by atoms with Crippen molar-refractivity contribution in [2.75, 3.05) is 13.2 Å². The lowest BCUT2D eigenvalue weighted by Gasteiger charge is -2.29. The van der Waals surface area contributed by atoms with Crippen LogP contribution in [0.25, 0.3) is 0 Å². The highest BCUT2D eigenvalue weighted by Crippen LogP contribution is 2.31. The molecule has 0 saturated heterocycles. The van der Waals surface area contributed by atoms with E-state index in [-0.39, 0.29) is 5.56 Å². The molecule has 0 atom stereocenters. The molecule has 1 aliphatic carbocycles. The summed E-state index contributed by atoms with van der Waals surface area (Å²) in [6.45, 7) is 5.03. The predicted molar refractivity (Wildman–Crippen MR) is 106 cm³/mol. The Morgan fingerprint density at radius 3 is 2.85 bits per heavy atom. The molecule has 0 unspecified atom stereocenters. The number of fused-ring (bicyclic) bond motifs is 1. The van der Waals surface area contributed by atoms with Crippen LogP contribution in [0.15, 0.2) is 29.1 Å². The maximum Gasteiger partial charge on any atom is 0.255 e. The average Bonchev–Trinajstić information content (AvgIpc) is 2.71. The highest BCUT2D eigenvalue weighted by molar-refractivity contribution is 5.33. The van der Waals surface area contributed by atoms with E-state index in [1.54, 1.807) is 0 Å². The van der Waals surface area contributed by atoms with Gasteiger partial charge < -0.3 is 9.72 Å². The van der Waals surface area contributed by atoms with E-state index in [4.69, 9.17) is 9.72 Å². The molecule has 0 radical (unpaired) electrons. The fourth-order valence-electron chi connectivity index (χ4n) is 4.38. The van der Waals surface area contributed by atoms with E-state index in [2.05, 4.69) is 16.0 Å². The second-order valence-corrected chi connectivity index (χ2v) is 7.71. The van der Waals surface area contributed by atoms with Crippen LogP contribution in [-0.4, -0.2) is 28.0 Å². The molecular formula is C22H29N3O2. The lowest BCUT2D eigenvalue weighted by Crippen LogP contribution is -2.36. The molecule has 0 bridgehead atoms. The van der Waals surface area contributed by atoms with Crippen LogP contribution in [0.5, 0.6) is 5.75 Å². The highest BCUT2D eigenvalue weighted by atomic mass is 16.5. The molecule has 1 N–H and O–H groups in total. The van der Waals surface area contributed by atoms with Gasteiger partial charge in [0.2, 0.25) is 0 Å². The number of H-pyrrole nitrogens is 1. The van der Waals surface area contributed by atoms with Gasteiger partial charge in [-0.15, -0.1) is 0 Å². The summed E-state index contributed by atoms with van der Waals surface area (Å²) in [6.07, 6.45) is 6.96. The zero-order valence-electron chi connectivity index (χ0n) is 16.2. The largest absolute Gasteiger partial charge is 0.494 e. The molecule has 1 saturated carbocycles. The first-order valence-corrected chi connectivity index (χ1v) is 10.3. The van der Waals surface area contributed by atoms with E-state index in [0.29, 0.717) is 19.1 Å². The summed E-state index contributed by atoms with van der Waals surface area (Å²) in [5.41, 5.74) is 3.08. The third-order valence-corrected chi connectivity index (χ3v) is 5.82. The number of para-hydroxylation sites is 1. The Bertz CT molecular complexity index is 840. The topological polar surface area (TPSA) is 58.2 Å². The Morgan fingerprint density at radius 1 is 1.22 bits per heavy atom. The second-order valence-electron chi connectivity index (χ2n) is 7.71. The third kappa shape index (κ3) is 4.08. The van der Waals surface area contributed by atoms with Gasteiger partial charge in [0.15, 0.2) is 0 Å². The lowest BCUT2D eigenvalue weighted by atomic mass is 9.88. The molecule has 2 aliphatic rings. The van der Waals surface area contributed by atoms with Crippen molar-refractivity contribution in [3.8, 4) is 5.75 Å². The van der Waals surface area contributed by atoms with E-state index in [1.165, 1.54) is 24.8 Å². The molecule has 144 valence electrons. The van der Waals surface area contributed by atoms with Gasteiger partial charge in [-0.05, 0) is 25.8 Å². The Labute approximate surface area is 160 Å². The summed E-state index contributed by atoms with van der Waals surface area (Å²) in [4.78, 5) is 23.0. The molecule has 1 aliphatic heterocycles. The normalized spacial score (nSPS) is 18.3. The van der Waals surface area contributed by atoms with E-state index >= 15 is 0 Å². The van der Waals surface area contributed by atoms with E-state index in [9.17, 15) is 4.79 Å². The Hall–Kier alpha value is -2.14. The van der Waals surface area contributed by atoms with Crippen molar-refractivity contribution in [2.45, 2.75) is 64.5 Å². The number of hydrogen-bond donors (Lipinski definition) is 1. The van der Waals surface area contributed by atoms with Gasteiger partial charge in [0.05, 0.1) is 17.9 Å². The van der Waals surface area contributed by atoms with Gasteiger partial charge in [0.25, 0.3) is 5.56 Å². The van der Waals surface area contributed by atoms with Crippen LogP contribution in [0.2, 0.25) is 0 Å². The number of rotatable bonds is 5. The van der Waals surface area contributed by atoms with Gasteiger partial charge in [-0.1, -0.05) is 37.5 Å². The van der Waals surface area contributed by atoms with E-state index < -0.39 is 0 Å². The minimum atomic E-state index is 0.0587. The van der Waals surface area contributed by atoms with Crippen molar-refractivity contribution in [3.05, 3.63) is 57.3 Å². The maximum absolute atomic E-state index is 12.7. The quantitative estimate of drug-likeness (QED) is 0.874. The summed E-state index contributed by atoms with van der Waals surface area (Å²) in [5, 5.41) is 0. The fraction of sp³-hybridized carbons (Fsp3) is 0.545. The van der Waals surface area contributed by atoms with Gasteiger partial charge in [0.1, 0.15) is 11.6 Å². The van der Waals surface area contributed by atoms with Crippen LogP contribution in [0.3, 0.4) is 0 Å². The number of nitrogens with one attached hydrogen (secondary N) is 1. The molecule has 0 amide bonds. The van der Waals surface area contributed by atoms with Crippen molar-refractivity contribution >= 4 is 0 Å². The lowest BCUT2D eigenvalue weighted by molar-refractivity contribution is 0.235.